The molecule has 150 valence electrons. The van der Waals surface area contributed by atoms with Crippen molar-refractivity contribution >= 4 is 12.0 Å². The molecule has 0 saturated carbocycles. The molecule has 1 saturated heterocycles. The van der Waals surface area contributed by atoms with Gasteiger partial charge in [0.2, 0.25) is 5.91 Å². The van der Waals surface area contributed by atoms with Crippen LogP contribution in [-0.4, -0.2) is 51.7 Å². The van der Waals surface area contributed by atoms with Gasteiger partial charge in [-0.25, -0.2) is 0 Å². The molecule has 1 aromatic heterocycles. The zero-order chi connectivity index (χ0) is 20.1. The van der Waals surface area contributed by atoms with Crippen molar-refractivity contribution in [1.29, 1.82) is 0 Å². The van der Waals surface area contributed by atoms with Crippen molar-refractivity contribution in [1.82, 2.24) is 19.6 Å². The third-order valence-corrected chi connectivity index (χ3v) is 4.74. The number of amides is 1. The molecule has 2 heterocycles. The number of piperazine rings is 1. The second-order valence-corrected chi connectivity index (χ2v) is 6.76. The summed E-state index contributed by atoms with van der Waals surface area (Å²) in [5.74, 6) is -0.0667. The van der Waals surface area contributed by atoms with Crippen LogP contribution in [0.1, 0.15) is 23.6 Å². The van der Waals surface area contributed by atoms with Crippen molar-refractivity contribution in [3.63, 3.8) is 0 Å². The first kappa shape index (κ1) is 20.1. The molecule has 1 aromatic carbocycles. The maximum atomic E-state index is 12.8. The molecular weight excluding hydrogens is 369 g/mol. The number of aromatic nitrogens is 2. The molecule has 0 spiro atoms. The van der Waals surface area contributed by atoms with E-state index in [9.17, 15) is 18.0 Å². The normalized spacial score (nSPS) is 16.1. The molecule has 1 fully saturated rings. The van der Waals surface area contributed by atoms with Crippen molar-refractivity contribution in [2.24, 2.45) is 0 Å². The fraction of sp³-hybridized carbons (Fsp3) is 0.400. The van der Waals surface area contributed by atoms with Crippen molar-refractivity contribution < 1.29 is 18.0 Å². The van der Waals surface area contributed by atoms with E-state index in [2.05, 4.69) is 10.00 Å². The van der Waals surface area contributed by atoms with Gasteiger partial charge in [0.1, 0.15) is 0 Å². The maximum Gasteiger partial charge on any atom is 0.416 e. The van der Waals surface area contributed by atoms with Crippen LogP contribution in [0.5, 0.6) is 0 Å². The van der Waals surface area contributed by atoms with Gasteiger partial charge in [-0.2, -0.15) is 18.3 Å². The fourth-order valence-electron chi connectivity index (χ4n) is 3.14. The summed E-state index contributed by atoms with van der Waals surface area (Å²) in [6.07, 6.45) is 2.54. The summed E-state index contributed by atoms with van der Waals surface area (Å²) in [7, 11) is 0. The quantitative estimate of drug-likeness (QED) is 0.734. The first-order valence-corrected chi connectivity index (χ1v) is 9.23. The number of carbonyl (C=O) groups is 1. The zero-order valence-corrected chi connectivity index (χ0v) is 15.7. The highest BCUT2D eigenvalue weighted by Gasteiger charge is 2.30. The van der Waals surface area contributed by atoms with Crippen molar-refractivity contribution in [2.45, 2.75) is 26.2 Å². The Bertz CT molecular complexity index is 836. The number of halogens is 3. The van der Waals surface area contributed by atoms with E-state index in [1.165, 1.54) is 12.1 Å². The van der Waals surface area contributed by atoms with Crippen LogP contribution >= 0.6 is 0 Å². The standard InChI is InChI=1S/C20H23F3N4O/c1-2-27-15-17(13-24-27)6-7-19(28)26-10-8-25(9-11-26)14-16-4-3-5-18(12-16)20(21,22)23/h3-7,12-13,15H,2,8-11,14H2,1H3/b7-6+. The number of rotatable bonds is 5. The van der Waals surface area contributed by atoms with E-state index in [4.69, 9.17) is 0 Å². The number of nitrogens with zero attached hydrogens (tertiary/aromatic N) is 4. The molecule has 1 aliphatic heterocycles. The van der Waals surface area contributed by atoms with Crippen LogP contribution < -0.4 is 0 Å². The highest BCUT2D eigenvalue weighted by molar-refractivity contribution is 5.91. The minimum atomic E-state index is -4.33. The number of carbonyl (C=O) groups excluding carboxylic acids is 1. The molecule has 0 N–H and O–H groups in total. The highest BCUT2D eigenvalue weighted by atomic mass is 19.4. The summed E-state index contributed by atoms with van der Waals surface area (Å²) in [6.45, 7) is 5.57. The van der Waals surface area contributed by atoms with E-state index in [1.807, 2.05) is 13.1 Å². The molecule has 1 amide bonds. The Morgan fingerprint density at radius 1 is 1.21 bits per heavy atom. The van der Waals surface area contributed by atoms with Gasteiger partial charge in [0.05, 0.1) is 11.8 Å². The molecule has 28 heavy (non-hydrogen) atoms. The van der Waals surface area contributed by atoms with Gasteiger partial charge in [0.15, 0.2) is 0 Å². The fourth-order valence-corrected chi connectivity index (χ4v) is 3.14. The highest BCUT2D eigenvalue weighted by Crippen LogP contribution is 2.29. The first-order chi connectivity index (χ1) is 13.3. The predicted molar refractivity (Wildman–Crippen MR) is 100 cm³/mol. The van der Waals surface area contributed by atoms with Crippen molar-refractivity contribution in [2.75, 3.05) is 26.2 Å². The molecular formula is C20H23F3N4O. The molecule has 0 bridgehead atoms. The number of hydrogen-bond donors (Lipinski definition) is 0. The van der Waals surface area contributed by atoms with Gasteiger partial charge in [0.25, 0.3) is 0 Å². The molecule has 8 heteroatoms. The van der Waals surface area contributed by atoms with Gasteiger partial charge >= 0.3 is 6.18 Å². The smallest absolute Gasteiger partial charge is 0.337 e. The molecule has 0 aliphatic carbocycles. The Morgan fingerprint density at radius 2 is 1.96 bits per heavy atom. The van der Waals surface area contributed by atoms with Gasteiger partial charge in [-0.05, 0) is 24.6 Å². The Hall–Kier alpha value is -2.61. The maximum absolute atomic E-state index is 12.8. The summed E-state index contributed by atoms with van der Waals surface area (Å²) in [4.78, 5) is 16.2. The molecule has 3 rings (SSSR count). The SMILES string of the molecule is CCn1cc(/C=C/C(=O)N2CCN(Cc3cccc(C(F)(F)F)c3)CC2)cn1. The third kappa shape index (κ3) is 5.22. The van der Waals surface area contributed by atoms with E-state index >= 15 is 0 Å². The summed E-state index contributed by atoms with van der Waals surface area (Å²) >= 11 is 0. The Kier molecular flexibility index (Phi) is 6.18. The van der Waals surface area contributed by atoms with E-state index in [0.29, 0.717) is 38.3 Å². The lowest BCUT2D eigenvalue weighted by atomic mass is 10.1. The lowest BCUT2D eigenvalue weighted by Gasteiger charge is -2.34. The summed E-state index contributed by atoms with van der Waals surface area (Å²) in [5, 5.41) is 4.16. The monoisotopic (exact) mass is 392 g/mol. The van der Waals surface area contributed by atoms with Crippen LogP contribution in [0.3, 0.4) is 0 Å². The molecule has 0 unspecified atom stereocenters. The topological polar surface area (TPSA) is 41.4 Å². The first-order valence-electron chi connectivity index (χ1n) is 9.23. The molecule has 2 aromatic rings. The van der Waals surface area contributed by atoms with Crippen LogP contribution in [0.2, 0.25) is 0 Å². The van der Waals surface area contributed by atoms with Gasteiger partial charge in [0, 0.05) is 57.1 Å². The number of benzene rings is 1. The van der Waals surface area contributed by atoms with Crippen molar-refractivity contribution in [3.8, 4) is 0 Å². The zero-order valence-electron chi connectivity index (χ0n) is 15.7. The van der Waals surface area contributed by atoms with Crippen LogP contribution in [0.25, 0.3) is 6.08 Å². The number of alkyl halides is 3. The van der Waals surface area contributed by atoms with E-state index in [1.54, 1.807) is 34.0 Å². The average Bonchev–Trinajstić information content (AvgIpc) is 3.14. The van der Waals surface area contributed by atoms with Gasteiger partial charge in [-0.3, -0.25) is 14.4 Å². The molecule has 0 atom stereocenters. The average molecular weight is 392 g/mol. The minimum absolute atomic E-state index is 0.0667. The third-order valence-electron chi connectivity index (χ3n) is 4.74. The van der Waals surface area contributed by atoms with E-state index < -0.39 is 11.7 Å². The Balaban J connectivity index is 1.51. The van der Waals surface area contributed by atoms with Crippen molar-refractivity contribution in [3.05, 3.63) is 59.4 Å². The van der Waals surface area contributed by atoms with Crippen LogP contribution in [0.4, 0.5) is 13.2 Å². The lowest BCUT2D eigenvalue weighted by molar-refractivity contribution is -0.137. The Morgan fingerprint density at radius 3 is 2.61 bits per heavy atom. The summed E-state index contributed by atoms with van der Waals surface area (Å²) < 4.78 is 40.3. The molecule has 1 aliphatic rings. The second-order valence-electron chi connectivity index (χ2n) is 6.76. The van der Waals surface area contributed by atoms with E-state index in [-0.39, 0.29) is 5.91 Å². The van der Waals surface area contributed by atoms with Crippen LogP contribution in [-0.2, 0) is 24.1 Å². The lowest BCUT2D eigenvalue weighted by Crippen LogP contribution is -2.47. The summed E-state index contributed by atoms with van der Waals surface area (Å²) in [5.41, 5.74) is 0.871. The van der Waals surface area contributed by atoms with Gasteiger partial charge < -0.3 is 4.90 Å². The van der Waals surface area contributed by atoms with Crippen LogP contribution in [0, 0.1) is 0 Å². The van der Waals surface area contributed by atoms with Crippen LogP contribution in [0.15, 0.2) is 42.7 Å². The van der Waals surface area contributed by atoms with Gasteiger partial charge in [-0.15, -0.1) is 0 Å². The van der Waals surface area contributed by atoms with Gasteiger partial charge in [-0.1, -0.05) is 18.2 Å². The number of aryl methyl sites for hydroxylation is 1. The minimum Gasteiger partial charge on any atom is -0.337 e. The molecule has 5 nitrogen and oxygen atoms in total. The molecule has 0 radical (unpaired) electrons. The Labute approximate surface area is 162 Å². The second kappa shape index (κ2) is 8.60. The summed E-state index contributed by atoms with van der Waals surface area (Å²) in [6, 6.07) is 5.41. The number of hydrogen-bond acceptors (Lipinski definition) is 3. The largest absolute Gasteiger partial charge is 0.416 e. The van der Waals surface area contributed by atoms with E-state index in [0.717, 1.165) is 18.2 Å². The predicted octanol–water partition coefficient (Wildman–Crippen LogP) is 3.28.